The number of aromatic nitrogens is 2. The highest BCUT2D eigenvalue weighted by Crippen LogP contribution is 2.43. The topological polar surface area (TPSA) is 108 Å². The third-order valence-electron chi connectivity index (χ3n) is 6.15. The summed E-state index contributed by atoms with van der Waals surface area (Å²) in [5.74, 6) is 1.04. The molecule has 0 aliphatic carbocycles. The summed E-state index contributed by atoms with van der Waals surface area (Å²) in [7, 11) is 1.68. The van der Waals surface area contributed by atoms with Gasteiger partial charge in [0.2, 0.25) is 0 Å². The highest BCUT2D eigenvalue weighted by molar-refractivity contribution is 7.22. The first-order valence-corrected chi connectivity index (χ1v) is 13.8. The van der Waals surface area contributed by atoms with Crippen LogP contribution in [0.25, 0.3) is 31.4 Å². The number of nitrogens with zero attached hydrogens (tertiary/aromatic N) is 4. The number of hydrazine groups is 1. The minimum absolute atomic E-state index is 0. The molecule has 1 aromatic carbocycles. The van der Waals surface area contributed by atoms with Gasteiger partial charge >= 0.3 is 0 Å². The van der Waals surface area contributed by atoms with E-state index in [1.807, 2.05) is 48.7 Å². The fraction of sp³-hybridized carbons (Fsp3) is 0.259. The third-order valence-corrected chi connectivity index (χ3v) is 8.25. The highest BCUT2D eigenvalue weighted by atomic mass is 35.5. The number of imide groups is 1. The number of carbonyl (C=O) groups excluding carboxylic acids is 2. The summed E-state index contributed by atoms with van der Waals surface area (Å²) in [5.41, 5.74) is 2.36. The number of aliphatic hydroxyl groups excluding tert-OH is 1. The Morgan fingerprint density at radius 1 is 1.10 bits per heavy atom. The number of aliphatic hydroxyl groups is 1. The number of halogens is 1. The van der Waals surface area contributed by atoms with Gasteiger partial charge in [-0.25, -0.2) is 9.97 Å². The van der Waals surface area contributed by atoms with Crippen molar-refractivity contribution in [3.63, 3.8) is 0 Å². The van der Waals surface area contributed by atoms with Crippen molar-refractivity contribution < 1.29 is 19.4 Å². The summed E-state index contributed by atoms with van der Waals surface area (Å²) in [5, 5.41) is 17.3. The van der Waals surface area contributed by atoms with E-state index in [1.54, 1.807) is 25.3 Å². The van der Waals surface area contributed by atoms with E-state index >= 15 is 0 Å². The summed E-state index contributed by atoms with van der Waals surface area (Å²) in [4.78, 5) is 37.8. The molecule has 4 heterocycles. The second-order valence-corrected chi connectivity index (χ2v) is 10.7. The van der Waals surface area contributed by atoms with Crippen molar-refractivity contribution in [1.29, 1.82) is 0 Å². The average Bonchev–Trinajstić information content (AvgIpc) is 3.62. The van der Waals surface area contributed by atoms with Crippen molar-refractivity contribution in [3.8, 4) is 26.9 Å². The van der Waals surface area contributed by atoms with Crippen molar-refractivity contribution in [1.82, 2.24) is 20.3 Å². The fourth-order valence-electron chi connectivity index (χ4n) is 4.24. The van der Waals surface area contributed by atoms with Crippen LogP contribution >= 0.6 is 35.1 Å². The predicted octanol–water partition coefficient (Wildman–Crippen LogP) is 4.44. The summed E-state index contributed by atoms with van der Waals surface area (Å²) in [6, 6.07) is 11.8. The van der Waals surface area contributed by atoms with Crippen LogP contribution in [0.2, 0.25) is 0 Å². The van der Waals surface area contributed by atoms with Crippen molar-refractivity contribution >= 4 is 62.9 Å². The maximum atomic E-state index is 12.8. The second kappa shape index (κ2) is 12.2. The van der Waals surface area contributed by atoms with Crippen LogP contribution < -0.4 is 15.1 Å². The lowest BCUT2D eigenvalue weighted by Gasteiger charge is -2.28. The molecule has 0 spiro atoms. The number of anilines is 1. The maximum Gasteiger partial charge on any atom is 0.275 e. The van der Waals surface area contributed by atoms with Crippen LogP contribution in [0.3, 0.4) is 0 Å². The molecular weight excluding hydrogens is 558 g/mol. The number of carbonyl (C=O) groups is 2. The minimum Gasteiger partial charge on any atom is -0.492 e. The molecule has 0 saturated carbocycles. The molecule has 0 atom stereocenters. The smallest absolute Gasteiger partial charge is 0.275 e. The van der Waals surface area contributed by atoms with Gasteiger partial charge in [-0.3, -0.25) is 14.6 Å². The van der Waals surface area contributed by atoms with E-state index in [9.17, 15) is 9.59 Å². The SMILES string of the molecule is CC1=CC(=O)N(N(C)c2nc(-c3cccs3)nc3sc(-c4ccc(OCCNCCO)cc4)c(C)c23)C1=O.Cl. The molecule has 1 aliphatic heterocycles. The molecular formula is C27H28ClN5O4S2. The number of benzene rings is 1. The predicted molar refractivity (Wildman–Crippen MR) is 158 cm³/mol. The lowest BCUT2D eigenvalue weighted by molar-refractivity contribution is -0.137. The Bertz CT molecular complexity index is 1520. The number of nitrogens with one attached hydrogen (secondary N) is 1. The summed E-state index contributed by atoms with van der Waals surface area (Å²) in [6.45, 7) is 5.43. The molecule has 39 heavy (non-hydrogen) atoms. The Morgan fingerprint density at radius 2 is 1.87 bits per heavy atom. The van der Waals surface area contributed by atoms with Crippen molar-refractivity contribution in [2.24, 2.45) is 0 Å². The van der Waals surface area contributed by atoms with Gasteiger partial charge in [-0.1, -0.05) is 6.07 Å². The van der Waals surface area contributed by atoms with Crippen molar-refractivity contribution in [3.05, 3.63) is 59.0 Å². The van der Waals surface area contributed by atoms with Crippen molar-refractivity contribution in [2.45, 2.75) is 13.8 Å². The lowest BCUT2D eigenvalue weighted by Crippen LogP contribution is -2.45. The Hall–Kier alpha value is -3.35. The Balaban J connectivity index is 0.00000353. The molecule has 0 bridgehead atoms. The van der Waals surface area contributed by atoms with E-state index < -0.39 is 5.91 Å². The van der Waals surface area contributed by atoms with Crippen LogP contribution in [-0.2, 0) is 9.59 Å². The molecule has 3 aromatic heterocycles. The molecule has 2 N–H and O–H groups in total. The molecule has 1 aliphatic rings. The number of ether oxygens (including phenoxy) is 1. The molecule has 204 valence electrons. The van der Waals surface area contributed by atoms with E-state index in [4.69, 9.17) is 19.8 Å². The van der Waals surface area contributed by atoms with E-state index in [0.717, 1.165) is 41.9 Å². The number of thiophene rings is 2. The molecule has 0 fully saturated rings. The number of fused-ring (bicyclic) bond motifs is 1. The van der Waals surface area contributed by atoms with Gasteiger partial charge in [0.05, 0.1) is 16.9 Å². The number of rotatable bonds is 10. The van der Waals surface area contributed by atoms with Gasteiger partial charge in [0, 0.05) is 36.7 Å². The molecule has 5 rings (SSSR count). The first-order valence-electron chi connectivity index (χ1n) is 12.1. The minimum atomic E-state index is -0.394. The number of amides is 2. The first kappa shape index (κ1) is 28.7. The third kappa shape index (κ3) is 5.68. The second-order valence-electron chi connectivity index (χ2n) is 8.74. The zero-order valence-electron chi connectivity index (χ0n) is 21.6. The van der Waals surface area contributed by atoms with Gasteiger partial charge in [0.25, 0.3) is 11.8 Å². The number of aryl methyl sites for hydroxylation is 1. The zero-order chi connectivity index (χ0) is 26.8. The fourth-order valence-corrected chi connectivity index (χ4v) is 6.08. The summed E-state index contributed by atoms with van der Waals surface area (Å²) in [6.07, 6.45) is 1.34. The monoisotopic (exact) mass is 585 g/mol. The largest absolute Gasteiger partial charge is 0.492 e. The average molecular weight is 586 g/mol. The molecule has 0 saturated heterocycles. The van der Waals surface area contributed by atoms with E-state index in [-0.39, 0.29) is 24.9 Å². The van der Waals surface area contributed by atoms with E-state index in [2.05, 4.69) is 5.32 Å². The molecule has 0 radical (unpaired) electrons. The van der Waals surface area contributed by atoms with E-state index in [0.29, 0.717) is 36.9 Å². The molecule has 0 unspecified atom stereocenters. The van der Waals surface area contributed by atoms with Gasteiger partial charge in [0.15, 0.2) is 11.6 Å². The van der Waals surface area contributed by atoms with Crippen molar-refractivity contribution in [2.75, 3.05) is 38.4 Å². The standard InChI is InChI=1S/C27H27N5O4S2.ClH/c1-16-15-21(34)32(27(16)35)31(3)25-22-17(2)23(38-26(22)30-24(29-25)20-5-4-14-37-20)18-6-8-19(9-7-18)36-13-11-28-10-12-33;/h4-9,14-15,28,33H,10-13H2,1-3H3;1H. The maximum absolute atomic E-state index is 12.8. The van der Waals surface area contributed by atoms with Gasteiger partial charge < -0.3 is 15.2 Å². The van der Waals surface area contributed by atoms with Crippen LogP contribution in [-0.4, -0.2) is 65.2 Å². The first-order chi connectivity index (χ1) is 18.4. The quantitative estimate of drug-likeness (QED) is 0.208. The Kier molecular flexibility index (Phi) is 8.98. The van der Waals surface area contributed by atoms with Crippen LogP contribution in [0.5, 0.6) is 5.75 Å². The molecule has 9 nitrogen and oxygen atoms in total. The highest BCUT2D eigenvalue weighted by Gasteiger charge is 2.34. The van der Waals surface area contributed by atoms with Gasteiger partial charge in [0.1, 0.15) is 17.2 Å². The zero-order valence-corrected chi connectivity index (χ0v) is 24.1. The van der Waals surface area contributed by atoms with Crippen LogP contribution in [0.4, 0.5) is 5.82 Å². The number of hydrogen-bond donors (Lipinski definition) is 2. The molecule has 12 heteroatoms. The van der Waals surface area contributed by atoms with E-state index in [1.165, 1.54) is 22.4 Å². The Morgan fingerprint density at radius 3 is 2.51 bits per heavy atom. The summed E-state index contributed by atoms with van der Waals surface area (Å²) < 4.78 is 5.78. The Labute approximate surface area is 240 Å². The number of hydrogen-bond acceptors (Lipinski definition) is 10. The molecule has 4 aromatic rings. The van der Waals surface area contributed by atoms with Gasteiger partial charge in [-0.15, -0.1) is 35.1 Å². The molecule has 2 amide bonds. The van der Waals surface area contributed by atoms with Crippen LogP contribution in [0, 0.1) is 6.92 Å². The van der Waals surface area contributed by atoms with Gasteiger partial charge in [-0.05, 0) is 60.7 Å². The lowest BCUT2D eigenvalue weighted by atomic mass is 10.1. The van der Waals surface area contributed by atoms with Crippen LogP contribution in [0.15, 0.2) is 53.4 Å². The van der Waals surface area contributed by atoms with Crippen LogP contribution in [0.1, 0.15) is 12.5 Å². The normalized spacial score (nSPS) is 13.1. The van der Waals surface area contributed by atoms with Gasteiger partial charge in [-0.2, -0.15) is 5.01 Å². The summed E-state index contributed by atoms with van der Waals surface area (Å²) >= 11 is 3.08.